The third-order valence-electron chi connectivity index (χ3n) is 4.25. The molecule has 1 aliphatic rings. The number of nitro groups is 1. The highest BCUT2D eigenvalue weighted by Crippen LogP contribution is 2.35. The van der Waals surface area contributed by atoms with Gasteiger partial charge in [0.1, 0.15) is 11.8 Å². The van der Waals surface area contributed by atoms with Crippen molar-refractivity contribution in [3.63, 3.8) is 0 Å². The Labute approximate surface area is 155 Å². The molecule has 2 unspecified atom stereocenters. The number of anilines is 1. The Kier molecular flexibility index (Phi) is 5.39. The molecule has 136 valence electrons. The van der Waals surface area contributed by atoms with Gasteiger partial charge in [0, 0.05) is 17.7 Å². The largest absolute Gasteiger partial charge is 0.465 e. The van der Waals surface area contributed by atoms with Gasteiger partial charge in [0.25, 0.3) is 5.69 Å². The number of hydrogen-bond acceptors (Lipinski definition) is 6. The number of nitro benzene ring substituents is 1. The van der Waals surface area contributed by atoms with Crippen LogP contribution in [0.25, 0.3) is 0 Å². The molecule has 0 radical (unpaired) electrons. The van der Waals surface area contributed by atoms with Crippen molar-refractivity contribution < 1.29 is 19.2 Å². The number of hydrogen-bond donors (Lipinski definition) is 1. The summed E-state index contributed by atoms with van der Waals surface area (Å²) in [6, 6.07) is 11.2. The van der Waals surface area contributed by atoms with Crippen LogP contribution in [0.2, 0.25) is 5.02 Å². The third kappa shape index (κ3) is 3.79. The topological polar surface area (TPSA) is 90.7 Å². The summed E-state index contributed by atoms with van der Waals surface area (Å²) in [5.74, 6) is -0.556. The molecule has 3 rings (SSSR count). The number of carbonyl (C=O) groups is 1. The average molecular weight is 377 g/mol. The number of nitrogens with one attached hydrogen (secondary N) is 1. The molecule has 0 aromatic heterocycles. The number of nitrogens with zero attached hydrogens (tertiary/aromatic N) is 1. The van der Waals surface area contributed by atoms with Gasteiger partial charge in [0.15, 0.2) is 0 Å². The SMILES string of the molecule is COC(=O)c1ccc([N+](=O)[O-])c(NC2CCOC2c2ccc(Cl)cc2)c1. The van der Waals surface area contributed by atoms with Crippen LogP contribution in [0.4, 0.5) is 11.4 Å². The maximum atomic E-state index is 11.7. The summed E-state index contributed by atoms with van der Waals surface area (Å²) < 4.78 is 10.5. The van der Waals surface area contributed by atoms with Gasteiger partial charge in [-0.25, -0.2) is 4.79 Å². The Morgan fingerprint density at radius 2 is 2.04 bits per heavy atom. The van der Waals surface area contributed by atoms with E-state index in [4.69, 9.17) is 16.3 Å². The minimum absolute atomic E-state index is 0.112. The lowest BCUT2D eigenvalue weighted by Gasteiger charge is -2.21. The second-order valence-corrected chi connectivity index (χ2v) is 6.30. The summed E-state index contributed by atoms with van der Waals surface area (Å²) in [5.41, 5.74) is 1.31. The first-order valence-corrected chi connectivity index (χ1v) is 8.37. The van der Waals surface area contributed by atoms with Crippen molar-refractivity contribution in [3.8, 4) is 0 Å². The number of methoxy groups -OCH3 is 1. The zero-order chi connectivity index (χ0) is 18.7. The van der Waals surface area contributed by atoms with Crippen molar-refractivity contribution in [2.75, 3.05) is 19.0 Å². The summed E-state index contributed by atoms with van der Waals surface area (Å²) in [5, 5.41) is 15.1. The van der Waals surface area contributed by atoms with Crippen molar-refractivity contribution in [1.82, 2.24) is 0 Å². The number of rotatable bonds is 5. The van der Waals surface area contributed by atoms with Gasteiger partial charge in [-0.05, 0) is 36.2 Å². The lowest BCUT2D eigenvalue weighted by atomic mass is 10.0. The summed E-state index contributed by atoms with van der Waals surface area (Å²) in [4.78, 5) is 22.6. The second-order valence-electron chi connectivity index (χ2n) is 5.86. The fourth-order valence-electron chi connectivity index (χ4n) is 2.97. The van der Waals surface area contributed by atoms with Gasteiger partial charge < -0.3 is 14.8 Å². The number of halogens is 1. The van der Waals surface area contributed by atoms with E-state index in [-0.39, 0.29) is 29.1 Å². The van der Waals surface area contributed by atoms with Crippen LogP contribution in [0.15, 0.2) is 42.5 Å². The average Bonchev–Trinajstić information content (AvgIpc) is 3.09. The molecule has 0 aliphatic carbocycles. The zero-order valence-corrected chi connectivity index (χ0v) is 14.7. The molecule has 1 heterocycles. The van der Waals surface area contributed by atoms with Crippen LogP contribution < -0.4 is 5.32 Å². The van der Waals surface area contributed by atoms with E-state index in [1.165, 1.54) is 25.3 Å². The van der Waals surface area contributed by atoms with E-state index in [2.05, 4.69) is 10.1 Å². The van der Waals surface area contributed by atoms with E-state index in [9.17, 15) is 14.9 Å². The van der Waals surface area contributed by atoms with Gasteiger partial charge in [-0.1, -0.05) is 23.7 Å². The standard InChI is InChI=1S/C18H17ClN2O5/c1-25-18(22)12-4-7-16(21(23)24)15(10-12)20-14-8-9-26-17(14)11-2-5-13(19)6-3-11/h2-7,10,14,17,20H,8-9H2,1H3. The maximum Gasteiger partial charge on any atom is 0.337 e. The Hall–Kier alpha value is -2.64. The van der Waals surface area contributed by atoms with Gasteiger partial charge in [0.05, 0.1) is 23.6 Å². The molecule has 1 fully saturated rings. The molecule has 1 aliphatic heterocycles. The van der Waals surface area contributed by atoms with Crippen molar-refractivity contribution >= 4 is 28.9 Å². The van der Waals surface area contributed by atoms with E-state index in [0.29, 0.717) is 18.1 Å². The molecule has 7 nitrogen and oxygen atoms in total. The predicted octanol–water partition coefficient (Wildman–Crippen LogP) is 3.98. The lowest BCUT2D eigenvalue weighted by molar-refractivity contribution is -0.384. The minimum Gasteiger partial charge on any atom is -0.465 e. The van der Waals surface area contributed by atoms with E-state index < -0.39 is 10.9 Å². The minimum atomic E-state index is -0.556. The van der Waals surface area contributed by atoms with Gasteiger partial charge in [-0.15, -0.1) is 0 Å². The molecule has 0 amide bonds. The maximum absolute atomic E-state index is 11.7. The Bertz CT molecular complexity index is 825. The first kappa shape index (κ1) is 18.2. The molecule has 2 aromatic rings. The molecule has 26 heavy (non-hydrogen) atoms. The number of ether oxygens (including phenoxy) is 2. The van der Waals surface area contributed by atoms with Crippen LogP contribution >= 0.6 is 11.6 Å². The van der Waals surface area contributed by atoms with Crippen LogP contribution in [0.5, 0.6) is 0 Å². The highest BCUT2D eigenvalue weighted by molar-refractivity contribution is 6.30. The smallest absolute Gasteiger partial charge is 0.337 e. The predicted molar refractivity (Wildman–Crippen MR) is 96.6 cm³/mol. The molecular weight excluding hydrogens is 360 g/mol. The summed E-state index contributed by atoms with van der Waals surface area (Å²) in [6.07, 6.45) is 0.404. The van der Waals surface area contributed by atoms with E-state index in [1.807, 2.05) is 12.1 Å². The number of carbonyl (C=O) groups excluding carboxylic acids is 1. The Balaban J connectivity index is 1.89. The van der Waals surface area contributed by atoms with Crippen LogP contribution in [-0.2, 0) is 9.47 Å². The van der Waals surface area contributed by atoms with Crippen molar-refractivity contribution in [2.24, 2.45) is 0 Å². The first-order valence-electron chi connectivity index (χ1n) is 8.00. The Morgan fingerprint density at radius 1 is 1.31 bits per heavy atom. The molecule has 0 saturated carbocycles. The molecule has 0 spiro atoms. The number of esters is 1. The molecule has 2 atom stereocenters. The van der Waals surface area contributed by atoms with Crippen LogP contribution in [-0.4, -0.2) is 30.7 Å². The van der Waals surface area contributed by atoms with Crippen LogP contribution in [0.3, 0.4) is 0 Å². The summed E-state index contributed by atoms with van der Waals surface area (Å²) in [7, 11) is 1.26. The molecule has 1 saturated heterocycles. The van der Waals surface area contributed by atoms with Crippen molar-refractivity contribution in [3.05, 3.63) is 68.7 Å². The molecule has 2 aromatic carbocycles. The van der Waals surface area contributed by atoms with E-state index in [0.717, 1.165) is 5.56 Å². The quantitative estimate of drug-likeness (QED) is 0.482. The highest BCUT2D eigenvalue weighted by atomic mass is 35.5. The van der Waals surface area contributed by atoms with Gasteiger partial charge in [-0.2, -0.15) is 0 Å². The van der Waals surface area contributed by atoms with Crippen LogP contribution in [0.1, 0.15) is 28.4 Å². The normalized spacial score (nSPS) is 19.2. The molecular formula is C18H17ClN2O5. The zero-order valence-electron chi connectivity index (χ0n) is 14.0. The Morgan fingerprint density at radius 3 is 2.69 bits per heavy atom. The highest BCUT2D eigenvalue weighted by Gasteiger charge is 2.31. The second kappa shape index (κ2) is 7.72. The molecule has 8 heteroatoms. The van der Waals surface area contributed by atoms with Gasteiger partial charge in [-0.3, -0.25) is 10.1 Å². The van der Waals surface area contributed by atoms with E-state index in [1.54, 1.807) is 12.1 Å². The third-order valence-corrected chi connectivity index (χ3v) is 4.50. The monoisotopic (exact) mass is 376 g/mol. The van der Waals surface area contributed by atoms with Gasteiger partial charge >= 0.3 is 5.97 Å². The summed E-state index contributed by atoms with van der Waals surface area (Å²) >= 11 is 5.93. The number of benzene rings is 2. The fourth-order valence-corrected chi connectivity index (χ4v) is 3.10. The first-order chi connectivity index (χ1) is 12.5. The molecule has 1 N–H and O–H groups in total. The van der Waals surface area contributed by atoms with Crippen LogP contribution in [0, 0.1) is 10.1 Å². The van der Waals surface area contributed by atoms with Crippen molar-refractivity contribution in [2.45, 2.75) is 18.6 Å². The fraction of sp³-hybridized carbons (Fsp3) is 0.278. The van der Waals surface area contributed by atoms with Gasteiger partial charge in [0.2, 0.25) is 0 Å². The summed E-state index contributed by atoms with van der Waals surface area (Å²) in [6.45, 7) is 0.523. The van der Waals surface area contributed by atoms with E-state index >= 15 is 0 Å². The lowest BCUT2D eigenvalue weighted by Crippen LogP contribution is -2.24. The van der Waals surface area contributed by atoms with Crippen molar-refractivity contribution in [1.29, 1.82) is 0 Å². The molecule has 0 bridgehead atoms.